The van der Waals surface area contributed by atoms with E-state index in [0.29, 0.717) is 5.75 Å². The van der Waals surface area contributed by atoms with Gasteiger partial charge in [-0.15, -0.1) is 0 Å². The van der Waals surface area contributed by atoms with Gasteiger partial charge in [-0.1, -0.05) is 0 Å². The van der Waals surface area contributed by atoms with E-state index in [2.05, 4.69) is 5.32 Å². The Morgan fingerprint density at radius 1 is 1.44 bits per heavy atom. The van der Waals surface area contributed by atoms with Crippen LogP contribution in [0.25, 0.3) is 0 Å². The standard InChI is InChI=1S/C12H19N3O3/c1-13-5-4-6-14(2)10-7-11(15(16)17)9-12(8-10)18-3/h7-9,13H,4-6H2,1-3H3. The molecule has 1 aromatic rings. The smallest absolute Gasteiger partial charge is 0.275 e. The molecular weight excluding hydrogens is 234 g/mol. The maximum absolute atomic E-state index is 10.8. The molecule has 0 aliphatic heterocycles. The molecule has 6 heteroatoms. The van der Waals surface area contributed by atoms with Gasteiger partial charge in [0.05, 0.1) is 18.1 Å². The lowest BCUT2D eigenvalue weighted by molar-refractivity contribution is -0.384. The summed E-state index contributed by atoms with van der Waals surface area (Å²) in [5, 5.41) is 13.9. The highest BCUT2D eigenvalue weighted by Gasteiger charge is 2.12. The Balaban J connectivity index is 2.86. The summed E-state index contributed by atoms with van der Waals surface area (Å²) in [5.74, 6) is 0.500. The second kappa shape index (κ2) is 6.80. The van der Waals surface area contributed by atoms with E-state index in [9.17, 15) is 10.1 Å². The number of nitrogens with one attached hydrogen (secondary N) is 1. The Morgan fingerprint density at radius 2 is 2.17 bits per heavy atom. The molecule has 0 aliphatic carbocycles. The number of nitro benzene ring substituents is 1. The summed E-state index contributed by atoms with van der Waals surface area (Å²) in [6.07, 6.45) is 0.970. The first-order chi connectivity index (χ1) is 8.58. The molecule has 0 bridgehead atoms. The minimum absolute atomic E-state index is 0.0461. The van der Waals surface area contributed by atoms with Gasteiger partial charge in [0.1, 0.15) is 5.75 Å². The van der Waals surface area contributed by atoms with E-state index in [4.69, 9.17) is 4.74 Å². The molecule has 0 atom stereocenters. The molecule has 0 spiro atoms. The highest BCUT2D eigenvalue weighted by molar-refractivity contribution is 5.57. The van der Waals surface area contributed by atoms with Gasteiger partial charge in [-0.25, -0.2) is 0 Å². The van der Waals surface area contributed by atoms with Crippen LogP contribution in [-0.2, 0) is 0 Å². The predicted molar refractivity (Wildman–Crippen MR) is 71.5 cm³/mol. The fourth-order valence-corrected chi connectivity index (χ4v) is 1.63. The molecule has 0 radical (unpaired) electrons. The van der Waals surface area contributed by atoms with Gasteiger partial charge in [-0.2, -0.15) is 0 Å². The minimum Gasteiger partial charge on any atom is -0.496 e. The lowest BCUT2D eigenvalue weighted by atomic mass is 10.2. The van der Waals surface area contributed by atoms with Gasteiger partial charge in [-0.05, 0) is 20.0 Å². The Labute approximate surface area is 107 Å². The van der Waals surface area contributed by atoms with Crippen molar-refractivity contribution >= 4 is 11.4 Å². The Bertz CT molecular complexity index is 410. The number of benzene rings is 1. The van der Waals surface area contributed by atoms with E-state index in [1.807, 2.05) is 19.0 Å². The van der Waals surface area contributed by atoms with E-state index in [0.717, 1.165) is 25.2 Å². The van der Waals surface area contributed by atoms with Gasteiger partial charge in [0.2, 0.25) is 0 Å². The minimum atomic E-state index is -0.409. The molecule has 0 amide bonds. The van der Waals surface area contributed by atoms with Crippen molar-refractivity contribution in [1.29, 1.82) is 0 Å². The normalized spacial score (nSPS) is 10.2. The molecule has 0 fully saturated rings. The van der Waals surface area contributed by atoms with Crippen LogP contribution in [0.15, 0.2) is 18.2 Å². The van der Waals surface area contributed by atoms with Crippen molar-refractivity contribution in [2.45, 2.75) is 6.42 Å². The summed E-state index contributed by atoms with van der Waals surface area (Å²) < 4.78 is 5.08. The third kappa shape index (κ3) is 3.89. The molecule has 1 rings (SSSR count). The summed E-state index contributed by atoms with van der Waals surface area (Å²) in [7, 11) is 5.31. The molecule has 1 aromatic carbocycles. The Hall–Kier alpha value is -1.82. The highest BCUT2D eigenvalue weighted by Crippen LogP contribution is 2.27. The molecule has 18 heavy (non-hydrogen) atoms. The predicted octanol–water partition coefficient (Wildman–Crippen LogP) is 1.65. The quantitative estimate of drug-likeness (QED) is 0.454. The van der Waals surface area contributed by atoms with Crippen LogP contribution in [-0.4, -0.2) is 39.2 Å². The van der Waals surface area contributed by atoms with Gasteiger partial charge < -0.3 is 15.0 Å². The fraction of sp³-hybridized carbons (Fsp3) is 0.500. The molecule has 0 saturated carbocycles. The van der Waals surface area contributed by atoms with Gasteiger partial charge in [0, 0.05) is 31.4 Å². The number of non-ortho nitro benzene ring substituents is 1. The van der Waals surface area contributed by atoms with Crippen LogP contribution in [0.1, 0.15) is 6.42 Å². The van der Waals surface area contributed by atoms with Crippen LogP contribution in [0.5, 0.6) is 5.75 Å². The number of hydrogen-bond donors (Lipinski definition) is 1. The second-order valence-corrected chi connectivity index (χ2v) is 4.03. The van der Waals surface area contributed by atoms with E-state index in [1.165, 1.54) is 13.2 Å². The summed E-state index contributed by atoms with van der Waals surface area (Å²) in [6.45, 7) is 1.74. The molecule has 1 N–H and O–H groups in total. The molecular formula is C12H19N3O3. The van der Waals surface area contributed by atoms with E-state index < -0.39 is 4.92 Å². The van der Waals surface area contributed by atoms with E-state index in [1.54, 1.807) is 12.1 Å². The number of ether oxygens (including phenoxy) is 1. The second-order valence-electron chi connectivity index (χ2n) is 4.03. The van der Waals surface area contributed by atoms with Crippen molar-refractivity contribution in [3.63, 3.8) is 0 Å². The number of nitrogens with zero attached hydrogens (tertiary/aromatic N) is 2. The van der Waals surface area contributed by atoms with Crippen molar-refractivity contribution in [2.75, 3.05) is 39.2 Å². The SMILES string of the molecule is CNCCCN(C)c1cc(OC)cc([N+](=O)[O-])c1. The zero-order valence-electron chi connectivity index (χ0n) is 11.0. The van der Waals surface area contributed by atoms with Gasteiger partial charge >= 0.3 is 0 Å². The number of anilines is 1. The lowest BCUT2D eigenvalue weighted by Crippen LogP contribution is -2.22. The highest BCUT2D eigenvalue weighted by atomic mass is 16.6. The molecule has 6 nitrogen and oxygen atoms in total. The van der Waals surface area contributed by atoms with Crippen molar-refractivity contribution in [3.05, 3.63) is 28.3 Å². The summed E-state index contributed by atoms with van der Waals surface area (Å²) in [5.41, 5.74) is 0.835. The van der Waals surface area contributed by atoms with Gasteiger partial charge in [0.15, 0.2) is 0 Å². The zero-order valence-corrected chi connectivity index (χ0v) is 11.0. The van der Waals surface area contributed by atoms with Crippen molar-refractivity contribution in [3.8, 4) is 5.75 Å². The van der Waals surface area contributed by atoms with Crippen molar-refractivity contribution < 1.29 is 9.66 Å². The summed E-state index contributed by atoms with van der Waals surface area (Å²) >= 11 is 0. The maximum atomic E-state index is 10.8. The zero-order chi connectivity index (χ0) is 13.5. The number of rotatable bonds is 7. The fourth-order valence-electron chi connectivity index (χ4n) is 1.63. The third-order valence-corrected chi connectivity index (χ3v) is 2.68. The van der Waals surface area contributed by atoms with E-state index >= 15 is 0 Å². The largest absolute Gasteiger partial charge is 0.496 e. The van der Waals surface area contributed by atoms with E-state index in [-0.39, 0.29) is 5.69 Å². The van der Waals surface area contributed by atoms with Crippen LogP contribution >= 0.6 is 0 Å². The number of hydrogen-bond acceptors (Lipinski definition) is 5. The van der Waals surface area contributed by atoms with Crippen LogP contribution < -0.4 is 15.0 Å². The Morgan fingerprint density at radius 3 is 2.72 bits per heavy atom. The lowest BCUT2D eigenvalue weighted by Gasteiger charge is -2.19. The van der Waals surface area contributed by atoms with Crippen LogP contribution in [0, 0.1) is 10.1 Å². The van der Waals surface area contributed by atoms with Gasteiger partial charge in [-0.3, -0.25) is 10.1 Å². The summed E-state index contributed by atoms with van der Waals surface area (Å²) in [4.78, 5) is 12.4. The average Bonchev–Trinajstić information content (AvgIpc) is 2.38. The molecule has 0 aromatic heterocycles. The first kappa shape index (κ1) is 14.2. The molecule has 0 heterocycles. The van der Waals surface area contributed by atoms with Crippen LogP contribution in [0.4, 0.5) is 11.4 Å². The topological polar surface area (TPSA) is 67.6 Å². The van der Waals surface area contributed by atoms with Crippen LogP contribution in [0.2, 0.25) is 0 Å². The van der Waals surface area contributed by atoms with Gasteiger partial charge in [0.25, 0.3) is 5.69 Å². The van der Waals surface area contributed by atoms with Crippen molar-refractivity contribution in [2.24, 2.45) is 0 Å². The average molecular weight is 253 g/mol. The number of methoxy groups -OCH3 is 1. The monoisotopic (exact) mass is 253 g/mol. The first-order valence-corrected chi connectivity index (χ1v) is 5.77. The third-order valence-electron chi connectivity index (χ3n) is 2.68. The molecule has 0 unspecified atom stereocenters. The molecule has 0 aliphatic rings. The number of nitro groups is 1. The first-order valence-electron chi connectivity index (χ1n) is 5.77. The molecule has 0 saturated heterocycles. The van der Waals surface area contributed by atoms with Crippen LogP contribution in [0.3, 0.4) is 0 Å². The summed E-state index contributed by atoms with van der Waals surface area (Å²) in [6, 6.07) is 4.78. The van der Waals surface area contributed by atoms with Crippen molar-refractivity contribution in [1.82, 2.24) is 5.32 Å². The maximum Gasteiger partial charge on any atom is 0.275 e. The Kier molecular flexibility index (Phi) is 5.38. The molecule has 100 valence electrons.